The van der Waals surface area contributed by atoms with E-state index in [4.69, 9.17) is 9.15 Å². The highest BCUT2D eigenvalue weighted by atomic mass is 32.1. The van der Waals surface area contributed by atoms with Gasteiger partial charge in [0, 0.05) is 28.9 Å². The lowest BCUT2D eigenvalue weighted by Crippen LogP contribution is -2.13. The van der Waals surface area contributed by atoms with E-state index in [1.165, 1.54) is 17.6 Å². The molecule has 0 unspecified atom stereocenters. The Hall–Kier alpha value is -3.45. The first-order valence-electron chi connectivity index (χ1n) is 8.21. The van der Waals surface area contributed by atoms with Gasteiger partial charge < -0.3 is 9.15 Å². The molecule has 0 atom stereocenters. The molecule has 0 spiro atoms. The van der Waals surface area contributed by atoms with Crippen LogP contribution in [0.2, 0.25) is 0 Å². The normalized spacial score (nSPS) is 10.5. The maximum Gasteiger partial charge on any atom is 0.293 e. The van der Waals surface area contributed by atoms with E-state index in [0.29, 0.717) is 10.7 Å². The molecule has 1 aromatic carbocycles. The number of nitrogens with one attached hydrogen (secondary N) is 1. The first-order valence-corrected chi connectivity index (χ1v) is 9.09. The van der Waals surface area contributed by atoms with Crippen molar-refractivity contribution in [2.45, 2.75) is 6.61 Å². The quantitative estimate of drug-likeness (QED) is 0.530. The van der Waals surface area contributed by atoms with E-state index in [-0.39, 0.29) is 18.3 Å². The van der Waals surface area contributed by atoms with Gasteiger partial charge in [-0.2, -0.15) is 0 Å². The van der Waals surface area contributed by atoms with Crippen LogP contribution in [0.1, 0.15) is 16.1 Å². The standard InChI is InChI=1S/C20H15N3O3S/c24-19(23-20-22-17(13-27-20)14-5-4-9-21-11-14)18-15(8-10-25-18)12-26-16-6-2-1-3-7-16/h1-11,13H,12H2,(H,22,23,24). The number of ether oxygens (including phenoxy) is 1. The molecular weight excluding hydrogens is 362 g/mol. The number of hydrogen-bond donors (Lipinski definition) is 1. The Bertz CT molecular complexity index is 1030. The lowest BCUT2D eigenvalue weighted by molar-refractivity contribution is 0.0993. The van der Waals surface area contributed by atoms with Crippen LogP contribution in [0, 0.1) is 0 Å². The number of furan rings is 1. The van der Waals surface area contributed by atoms with Crippen molar-refractivity contribution in [2.75, 3.05) is 5.32 Å². The molecule has 0 aliphatic carbocycles. The Morgan fingerprint density at radius 3 is 2.85 bits per heavy atom. The van der Waals surface area contributed by atoms with Crippen molar-refractivity contribution < 1.29 is 13.9 Å². The van der Waals surface area contributed by atoms with Crippen LogP contribution in [0.3, 0.4) is 0 Å². The highest BCUT2D eigenvalue weighted by Crippen LogP contribution is 2.25. The number of nitrogens with zero attached hydrogens (tertiary/aromatic N) is 2. The Kier molecular flexibility index (Phi) is 4.93. The lowest BCUT2D eigenvalue weighted by Gasteiger charge is -2.06. The highest BCUT2D eigenvalue weighted by Gasteiger charge is 2.17. The van der Waals surface area contributed by atoms with Gasteiger partial charge in [0.15, 0.2) is 10.9 Å². The van der Waals surface area contributed by atoms with Gasteiger partial charge in [0.05, 0.1) is 12.0 Å². The van der Waals surface area contributed by atoms with Gasteiger partial charge in [0.1, 0.15) is 12.4 Å². The van der Waals surface area contributed by atoms with Gasteiger partial charge in [-0.1, -0.05) is 18.2 Å². The molecule has 6 nitrogen and oxygen atoms in total. The number of hydrogen-bond acceptors (Lipinski definition) is 6. The van der Waals surface area contributed by atoms with Gasteiger partial charge in [0.25, 0.3) is 5.91 Å². The fourth-order valence-electron chi connectivity index (χ4n) is 2.46. The average Bonchev–Trinajstić information content (AvgIpc) is 3.37. The van der Waals surface area contributed by atoms with E-state index in [1.54, 1.807) is 18.5 Å². The van der Waals surface area contributed by atoms with E-state index in [1.807, 2.05) is 47.8 Å². The first kappa shape index (κ1) is 17.0. The summed E-state index contributed by atoms with van der Waals surface area (Å²) in [7, 11) is 0. The molecule has 0 saturated heterocycles. The topological polar surface area (TPSA) is 77.3 Å². The Morgan fingerprint density at radius 1 is 1.15 bits per heavy atom. The summed E-state index contributed by atoms with van der Waals surface area (Å²) in [5.74, 6) is 0.578. The molecule has 3 aromatic heterocycles. The number of amides is 1. The number of aromatic nitrogens is 2. The van der Waals surface area contributed by atoms with Gasteiger partial charge in [-0.05, 0) is 30.3 Å². The molecule has 134 valence electrons. The third-order valence-corrected chi connectivity index (χ3v) is 4.53. The molecule has 4 rings (SSSR count). The maximum atomic E-state index is 12.5. The van der Waals surface area contributed by atoms with E-state index in [9.17, 15) is 4.79 Å². The summed E-state index contributed by atoms with van der Waals surface area (Å²) >= 11 is 1.34. The number of anilines is 1. The van der Waals surface area contributed by atoms with Crippen molar-refractivity contribution in [3.05, 3.63) is 83.9 Å². The van der Waals surface area contributed by atoms with Crippen LogP contribution >= 0.6 is 11.3 Å². The van der Waals surface area contributed by atoms with E-state index < -0.39 is 0 Å². The largest absolute Gasteiger partial charge is 0.489 e. The summed E-state index contributed by atoms with van der Waals surface area (Å²) in [5.41, 5.74) is 2.32. The second-order valence-electron chi connectivity index (χ2n) is 5.61. The number of para-hydroxylation sites is 1. The molecule has 1 amide bonds. The SMILES string of the molecule is O=C(Nc1nc(-c2cccnc2)cs1)c1occc1COc1ccccc1. The number of carbonyl (C=O) groups is 1. The van der Waals surface area contributed by atoms with Gasteiger partial charge >= 0.3 is 0 Å². The van der Waals surface area contributed by atoms with Gasteiger partial charge in [0.2, 0.25) is 0 Å². The molecule has 0 radical (unpaired) electrons. The van der Waals surface area contributed by atoms with E-state index >= 15 is 0 Å². The fourth-order valence-corrected chi connectivity index (χ4v) is 3.17. The summed E-state index contributed by atoms with van der Waals surface area (Å²) in [4.78, 5) is 21.1. The van der Waals surface area contributed by atoms with Gasteiger partial charge in [-0.25, -0.2) is 4.98 Å². The Labute approximate surface area is 159 Å². The Morgan fingerprint density at radius 2 is 2.04 bits per heavy atom. The smallest absolute Gasteiger partial charge is 0.293 e. The van der Waals surface area contributed by atoms with Crippen LogP contribution in [0.4, 0.5) is 5.13 Å². The second kappa shape index (κ2) is 7.84. The number of carbonyl (C=O) groups excluding carboxylic acids is 1. The highest BCUT2D eigenvalue weighted by molar-refractivity contribution is 7.14. The average molecular weight is 377 g/mol. The minimum Gasteiger partial charge on any atom is -0.489 e. The maximum absolute atomic E-state index is 12.5. The molecular formula is C20H15N3O3S. The van der Waals surface area contributed by atoms with Gasteiger partial charge in [-0.15, -0.1) is 11.3 Å². The molecule has 1 N–H and O–H groups in total. The van der Waals surface area contributed by atoms with Crippen molar-refractivity contribution in [3.63, 3.8) is 0 Å². The molecule has 0 saturated carbocycles. The molecule has 3 heterocycles. The zero-order chi connectivity index (χ0) is 18.5. The van der Waals surface area contributed by atoms with Crippen molar-refractivity contribution in [1.29, 1.82) is 0 Å². The lowest BCUT2D eigenvalue weighted by atomic mass is 10.2. The number of thiazole rings is 1. The number of rotatable bonds is 6. The molecule has 27 heavy (non-hydrogen) atoms. The van der Waals surface area contributed by atoms with Crippen molar-refractivity contribution >= 4 is 22.4 Å². The monoisotopic (exact) mass is 377 g/mol. The van der Waals surface area contributed by atoms with Crippen LogP contribution in [0.5, 0.6) is 5.75 Å². The summed E-state index contributed by atoms with van der Waals surface area (Å²) < 4.78 is 11.0. The third kappa shape index (κ3) is 4.04. The molecule has 4 aromatic rings. The van der Waals surface area contributed by atoms with Gasteiger partial charge in [-0.3, -0.25) is 15.1 Å². The molecule has 7 heteroatoms. The van der Waals surface area contributed by atoms with Crippen molar-refractivity contribution in [2.24, 2.45) is 0 Å². The van der Waals surface area contributed by atoms with Crippen LogP contribution < -0.4 is 10.1 Å². The third-order valence-electron chi connectivity index (χ3n) is 3.77. The second-order valence-corrected chi connectivity index (χ2v) is 6.47. The predicted molar refractivity (Wildman–Crippen MR) is 103 cm³/mol. The summed E-state index contributed by atoms with van der Waals surface area (Å²) in [6.45, 7) is 0.238. The zero-order valence-electron chi connectivity index (χ0n) is 14.2. The predicted octanol–water partition coefficient (Wildman–Crippen LogP) is 4.63. The van der Waals surface area contributed by atoms with Crippen molar-refractivity contribution in [3.8, 4) is 17.0 Å². The summed E-state index contributed by atoms with van der Waals surface area (Å²) in [6, 6.07) is 14.9. The Balaban J connectivity index is 1.43. The first-order chi connectivity index (χ1) is 13.3. The van der Waals surface area contributed by atoms with E-state index in [2.05, 4.69) is 15.3 Å². The molecule has 0 fully saturated rings. The summed E-state index contributed by atoms with van der Waals surface area (Å²) in [5, 5.41) is 5.13. The zero-order valence-corrected chi connectivity index (χ0v) is 15.0. The van der Waals surface area contributed by atoms with Crippen LogP contribution in [0.25, 0.3) is 11.3 Å². The minimum atomic E-state index is -0.362. The molecule has 0 aliphatic heterocycles. The van der Waals surface area contributed by atoms with Crippen LogP contribution in [-0.4, -0.2) is 15.9 Å². The van der Waals surface area contributed by atoms with Crippen molar-refractivity contribution in [1.82, 2.24) is 9.97 Å². The number of benzene rings is 1. The molecule has 0 aliphatic rings. The molecule has 0 bridgehead atoms. The summed E-state index contributed by atoms with van der Waals surface area (Å²) in [6.07, 6.45) is 4.90. The van der Waals surface area contributed by atoms with Crippen LogP contribution in [-0.2, 0) is 6.61 Å². The minimum absolute atomic E-state index is 0.212. The van der Waals surface area contributed by atoms with Crippen LogP contribution in [0.15, 0.2) is 77.0 Å². The van der Waals surface area contributed by atoms with E-state index in [0.717, 1.165) is 17.0 Å². The fraction of sp³-hybridized carbons (Fsp3) is 0.0500. The number of pyridine rings is 1.